The minimum Gasteiger partial charge on any atom is -0.381 e. The van der Waals surface area contributed by atoms with Crippen LogP contribution < -0.4 is 10.2 Å². The quantitative estimate of drug-likeness (QED) is 0.610. The molecule has 4 rings (SSSR count). The fourth-order valence-electron chi connectivity index (χ4n) is 4.63. The summed E-state index contributed by atoms with van der Waals surface area (Å²) in [5.74, 6) is 1.11. The third kappa shape index (κ3) is 7.04. The molecule has 1 saturated carbocycles. The van der Waals surface area contributed by atoms with Gasteiger partial charge < -0.3 is 15.0 Å². The van der Waals surface area contributed by atoms with Crippen molar-refractivity contribution in [1.82, 2.24) is 14.9 Å². The predicted molar refractivity (Wildman–Crippen MR) is 142 cm³/mol. The Morgan fingerprint density at radius 3 is 2.15 bits per heavy atom. The van der Waals surface area contributed by atoms with Crippen molar-refractivity contribution >= 4 is 42.2 Å². The van der Waals surface area contributed by atoms with Gasteiger partial charge in [0.05, 0.1) is 24.2 Å². The van der Waals surface area contributed by atoms with Crippen molar-refractivity contribution < 1.29 is 9.53 Å². The molecule has 0 spiro atoms. The van der Waals surface area contributed by atoms with Crippen molar-refractivity contribution in [3.8, 4) is 11.3 Å². The second-order valence-corrected chi connectivity index (χ2v) is 9.15. The predicted octanol–water partition coefficient (Wildman–Crippen LogP) is 4.66. The van der Waals surface area contributed by atoms with Crippen LogP contribution in [0.5, 0.6) is 0 Å². The Morgan fingerprint density at radius 1 is 0.971 bits per heavy atom. The van der Waals surface area contributed by atoms with E-state index in [0.29, 0.717) is 12.1 Å². The number of methoxy groups -OCH3 is 1. The van der Waals surface area contributed by atoms with Gasteiger partial charge in [0.2, 0.25) is 5.91 Å². The average Bonchev–Trinajstić information content (AvgIpc) is 2.85. The van der Waals surface area contributed by atoms with Crippen LogP contribution in [-0.4, -0.2) is 66.2 Å². The third-order valence-electron chi connectivity index (χ3n) is 6.83. The van der Waals surface area contributed by atoms with Gasteiger partial charge in [0.25, 0.3) is 0 Å². The molecule has 0 bridgehead atoms. The van der Waals surface area contributed by atoms with Gasteiger partial charge in [-0.3, -0.25) is 14.7 Å². The van der Waals surface area contributed by atoms with Gasteiger partial charge in [-0.05, 0) is 51.7 Å². The van der Waals surface area contributed by atoms with E-state index < -0.39 is 0 Å². The second-order valence-electron chi connectivity index (χ2n) is 9.15. The Kier molecular flexibility index (Phi) is 11.0. The van der Waals surface area contributed by atoms with Crippen LogP contribution in [0.2, 0.25) is 0 Å². The molecule has 0 atom stereocenters. The molecule has 1 aliphatic heterocycles. The highest BCUT2D eigenvalue weighted by Crippen LogP contribution is 2.27. The van der Waals surface area contributed by atoms with E-state index in [-0.39, 0.29) is 36.6 Å². The first kappa shape index (κ1) is 28.3. The fourth-order valence-corrected chi connectivity index (χ4v) is 4.63. The summed E-state index contributed by atoms with van der Waals surface area (Å²) >= 11 is 0. The van der Waals surface area contributed by atoms with E-state index in [1.54, 1.807) is 7.11 Å². The lowest BCUT2D eigenvalue weighted by Gasteiger charge is -2.37. The summed E-state index contributed by atoms with van der Waals surface area (Å²) in [4.78, 5) is 26.7. The summed E-state index contributed by atoms with van der Waals surface area (Å²) in [6.45, 7) is 8.56. The number of benzene rings is 1. The van der Waals surface area contributed by atoms with E-state index in [2.05, 4.69) is 38.9 Å². The molecule has 0 radical (unpaired) electrons. The smallest absolute Gasteiger partial charge is 0.227 e. The van der Waals surface area contributed by atoms with Gasteiger partial charge in [-0.2, -0.15) is 0 Å². The largest absolute Gasteiger partial charge is 0.381 e. The van der Waals surface area contributed by atoms with Gasteiger partial charge in [0.1, 0.15) is 5.82 Å². The van der Waals surface area contributed by atoms with Crippen molar-refractivity contribution in [2.75, 3.05) is 43.5 Å². The number of rotatable bonds is 6. The molecular formula is C25H37Cl2N5O2. The normalized spacial score (nSPS) is 20.9. The van der Waals surface area contributed by atoms with Gasteiger partial charge in [0, 0.05) is 56.5 Å². The van der Waals surface area contributed by atoms with Crippen molar-refractivity contribution in [3.05, 3.63) is 36.7 Å². The first-order valence-electron chi connectivity index (χ1n) is 11.8. The lowest BCUT2D eigenvalue weighted by molar-refractivity contribution is -0.121. The monoisotopic (exact) mass is 509 g/mol. The molecule has 1 aliphatic carbocycles. The number of nitrogens with one attached hydrogen (secondary N) is 1. The summed E-state index contributed by atoms with van der Waals surface area (Å²) in [6, 6.07) is 8.44. The Balaban J connectivity index is 0.00000204. The number of carbonyl (C=O) groups is 1. The highest BCUT2D eigenvalue weighted by molar-refractivity contribution is 5.92. The Labute approximate surface area is 215 Å². The second kappa shape index (κ2) is 13.2. The molecule has 9 heteroatoms. The number of nitrogens with zero attached hydrogens (tertiary/aromatic N) is 4. The lowest BCUT2D eigenvalue weighted by atomic mass is 9.87. The van der Waals surface area contributed by atoms with Crippen LogP contribution in [0.4, 0.5) is 11.5 Å². The molecule has 7 nitrogen and oxygen atoms in total. The molecule has 2 aliphatic rings. The van der Waals surface area contributed by atoms with Crippen LogP contribution >= 0.6 is 24.8 Å². The summed E-state index contributed by atoms with van der Waals surface area (Å²) in [5.41, 5.74) is 2.65. The molecule has 1 saturated heterocycles. The molecule has 2 aromatic rings. The van der Waals surface area contributed by atoms with Gasteiger partial charge in [-0.1, -0.05) is 12.1 Å². The maximum absolute atomic E-state index is 12.6. The third-order valence-corrected chi connectivity index (χ3v) is 6.83. The van der Waals surface area contributed by atoms with E-state index in [1.807, 2.05) is 36.7 Å². The molecule has 0 unspecified atom stereocenters. The van der Waals surface area contributed by atoms with Crippen LogP contribution in [-0.2, 0) is 9.53 Å². The van der Waals surface area contributed by atoms with Crippen LogP contribution in [0.15, 0.2) is 36.7 Å². The highest BCUT2D eigenvalue weighted by atomic mass is 35.5. The number of carbonyl (C=O) groups excluding carboxylic acids is 1. The first-order valence-corrected chi connectivity index (χ1v) is 11.8. The lowest BCUT2D eigenvalue weighted by Crippen LogP contribution is -2.49. The molecule has 34 heavy (non-hydrogen) atoms. The van der Waals surface area contributed by atoms with Crippen LogP contribution in [0.25, 0.3) is 11.3 Å². The van der Waals surface area contributed by atoms with Crippen molar-refractivity contribution in [1.29, 1.82) is 0 Å². The number of anilines is 2. The summed E-state index contributed by atoms with van der Waals surface area (Å²) < 4.78 is 5.40. The Morgan fingerprint density at radius 2 is 1.62 bits per heavy atom. The molecule has 1 aromatic carbocycles. The molecule has 1 amide bonds. The molecular weight excluding hydrogens is 473 g/mol. The summed E-state index contributed by atoms with van der Waals surface area (Å²) in [7, 11) is 1.75. The van der Waals surface area contributed by atoms with Crippen LogP contribution in [0.3, 0.4) is 0 Å². The first-order chi connectivity index (χ1) is 15.5. The number of hydrogen-bond acceptors (Lipinski definition) is 6. The zero-order valence-electron chi connectivity index (χ0n) is 20.3. The minimum absolute atomic E-state index is 0. The SMILES string of the molecule is COC1CCC(C(=O)Nc2ccc(-c3cnc(N4CCN(C(C)C)CC4)cn3)cc2)CC1.Cl.Cl. The number of hydrogen-bond donors (Lipinski definition) is 1. The number of aromatic nitrogens is 2. The van der Waals surface area contributed by atoms with Gasteiger partial charge in [-0.25, -0.2) is 4.98 Å². The van der Waals surface area contributed by atoms with Crippen molar-refractivity contribution in [2.45, 2.75) is 51.7 Å². The number of piperazine rings is 1. The Hall–Kier alpha value is -1.93. The number of ether oxygens (including phenoxy) is 1. The number of amides is 1. The standard InChI is InChI=1S/C25H35N5O2.2ClH/c1-18(2)29-12-14-30(15-13-29)24-17-26-23(16-27-24)19-4-8-21(9-5-19)28-25(31)20-6-10-22(32-3)11-7-20;;/h4-5,8-9,16-18,20,22H,6-7,10-15H2,1-3H3,(H,28,31);2*1H. The molecule has 188 valence electrons. The van der Waals surface area contributed by atoms with Gasteiger partial charge in [0.15, 0.2) is 0 Å². The summed E-state index contributed by atoms with van der Waals surface area (Å²) in [5, 5.41) is 3.06. The highest BCUT2D eigenvalue weighted by Gasteiger charge is 2.26. The maximum Gasteiger partial charge on any atom is 0.227 e. The maximum atomic E-state index is 12.6. The molecule has 2 fully saturated rings. The fraction of sp³-hybridized carbons (Fsp3) is 0.560. The van der Waals surface area contributed by atoms with E-state index in [4.69, 9.17) is 4.74 Å². The van der Waals surface area contributed by atoms with Gasteiger partial charge >= 0.3 is 0 Å². The van der Waals surface area contributed by atoms with E-state index in [1.165, 1.54) is 0 Å². The minimum atomic E-state index is 0. The van der Waals surface area contributed by atoms with E-state index >= 15 is 0 Å². The van der Waals surface area contributed by atoms with E-state index in [0.717, 1.165) is 74.6 Å². The molecule has 1 aromatic heterocycles. The average molecular weight is 511 g/mol. The van der Waals surface area contributed by atoms with E-state index in [9.17, 15) is 4.79 Å². The zero-order valence-corrected chi connectivity index (χ0v) is 21.9. The summed E-state index contributed by atoms with van der Waals surface area (Å²) in [6.07, 6.45) is 7.69. The Bertz CT molecular complexity index is 879. The van der Waals surface area contributed by atoms with Gasteiger partial charge in [-0.15, -0.1) is 24.8 Å². The zero-order chi connectivity index (χ0) is 22.5. The van der Waals surface area contributed by atoms with Crippen LogP contribution in [0.1, 0.15) is 39.5 Å². The van der Waals surface area contributed by atoms with Crippen LogP contribution in [0, 0.1) is 5.92 Å². The van der Waals surface area contributed by atoms with Crippen molar-refractivity contribution in [3.63, 3.8) is 0 Å². The topological polar surface area (TPSA) is 70.6 Å². The number of halogens is 2. The van der Waals surface area contributed by atoms with Crippen molar-refractivity contribution in [2.24, 2.45) is 5.92 Å². The molecule has 1 N–H and O–H groups in total. The molecule has 2 heterocycles.